The third-order valence-corrected chi connectivity index (χ3v) is 3.10. The van der Waals surface area contributed by atoms with Crippen molar-refractivity contribution in [3.63, 3.8) is 0 Å². The van der Waals surface area contributed by atoms with E-state index in [0.29, 0.717) is 18.1 Å². The van der Waals surface area contributed by atoms with Crippen LogP contribution in [-0.4, -0.2) is 31.6 Å². The first-order valence-electron chi connectivity index (χ1n) is 7.49. The smallest absolute Gasteiger partial charge is 0.344 e. The summed E-state index contributed by atoms with van der Waals surface area (Å²) in [6.07, 6.45) is 0. The molecule has 0 aliphatic rings. The Hall–Kier alpha value is -2.96. The zero-order valence-electron chi connectivity index (χ0n) is 13.5. The molecule has 0 spiro atoms. The minimum Gasteiger partial charge on any atom is -0.490 e. The Kier molecular flexibility index (Phi) is 6.45. The summed E-state index contributed by atoms with van der Waals surface area (Å²) in [7, 11) is 0. The van der Waals surface area contributed by atoms with Crippen molar-refractivity contribution >= 4 is 11.8 Å². The van der Waals surface area contributed by atoms with Gasteiger partial charge in [-0.1, -0.05) is 12.1 Å². The molecule has 0 saturated carbocycles. The van der Waals surface area contributed by atoms with E-state index in [1.165, 1.54) is 0 Å². The zero-order valence-corrected chi connectivity index (χ0v) is 13.5. The summed E-state index contributed by atoms with van der Waals surface area (Å²) < 4.78 is 41.3. The van der Waals surface area contributed by atoms with Crippen LogP contribution in [0.4, 0.5) is 8.78 Å². The molecular weight excluding hydrogens is 334 g/mol. The minimum atomic E-state index is -1.15. The number of carbonyl (C=O) groups excluding carboxylic acids is 2. The summed E-state index contributed by atoms with van der Waals surface area (Å²) in [5, 5.41) is 0. The predicted octanol–water partition coefficient (Wildman–Crippen LogP) is 3.17. The van der Waals surface area contributed by atoms with Crippen LogP contribution in [0, 0.1) is 11.6 Å². The van der Waals surface area contributed by atoms with Crippen molar-refractivity contribution in [1.29, 1.82) is 0 Å². The molecule has 2 aromatic rings. The fourth-order valence-corrected chi connectivity index (χ4v) is 1.92. The molecule has 0 fully saturated rings. The van der Waals surface area contributed by atoms with E-state index in [-0.39, 0.29) is 5.56 Å². The maximum atomic E-state index is 13.1. The van der Waals surface area contributed by atoms with Gasteiger partial charge in [0.15, 0.2) is 42.1 Å². The number of rotatable bonds is 8. The van der Waals surface area contributed by atoms with E-state index in [2.05, 4.69) is 0 Å². The fraction of sp³-hybridized carbons (Fsp3) is 0.222. The summed E-state index contributed by atoms with van der Waals surface area (Å²) >= 11 is 0. The lowest BCUT2D eigenvalue weighted by Crippen LogP contribution is -2.19. The standard InChI is InChI=1S/C18H16F2O5/c1-2-23-16-5-3-4-6-17(16)24-11-18(22)25-10-15(21)12-7-8-13(19)14(20)9-12/h3-9H,2,10-11H2,1H3. The van der Waals surface area contributed by atoms with Gasteiger partial charge in [0.2, 0.25) is 0 Å². The van der Waals surface area contributed by atoms with Gasteiger partial charge in [-0.2, -0.15) is 0 Å². The summed E-state index contributed by atoms with van der Waals surface area (Å²) in [4.78, 5) is 23.5. The Morgan fingerprint density at radius 3 is 2.24 bits per heavy atom. The molecule has 5 nitrogen and oxygen atoms in total. The topological polar surface area (TPSA) is 61.8 Å². The van der Waals surface area contributed by atoms with Crippen LogP contribution in [0.3, 0.4) is 0 Å². The van der Waals surface area contributed by atoms with Gasteiger partial charge >= 0.3 is 5.97 Å². The normalized spacial score (nSPS) is 10.2. The van der Waals surface area contributed by atoms with E-state index in [9.17, 15) is 18.4 Å². The third-order valence-electron chi connectivity index (χ3n) is 3.10. The molecule has 0 aromatic heterocycles. The highest BCUT2D eigenvalue weighted by Crippen LogP contribution is 2.26. The van der Waals surface area contributed by atoms with E-state index in [1.807, 2.05) is 6.92 Å². The van der Waals surface area contributed by atoms with E-state index in [0.717, 1.165) is 18.2 Å². The quantitative estimate of drug-likeness (QED) is 0.541. The molecule has 2 aromatic carbocycles. The zero-order chi connectivity index (χ0) is 18.2. The Morgan fingerprint density at radius 1 is 0.920 bits per heavy atom. The fourth-order valence-electron chi connectivity index (χ4n) is 1.92. The Morgan fingerprint density at radius 2 is 1.60 bits per heavy atom. The van der Waals surface area contributed by atoms with Crippen LogP contribution in [0.1, 0.15) is 17.3 Å². The molecule has 7 heteroatoms. The lowest BCUT2D eigenvalue weighted by molar-refractivity contribution is -0.144. The highest BCUT2D eigenvalue weighted by atomic mass is 19.2. The molecule has 132 valence electrons. The summed E-state index contributed by atoms with van der Waals surface area (Å²) in [6, 6.07) is 9.50. The number of Topliss-reactive ketones (excluding diaryl/α,β-unsaturated/α-hetero) is 1. The van der Waals surface area contributed by atoms with Crippen LogP contribution in [0.5, 0.6) is 11.5 Å². The van der Waals surface area contributed by atoms with Gasteiger partial charge in [-0.25, -0.2) is 13.6 Å². The molecule has 0 unspecified atom stereocenters. The van der Waals surface area contributed by atoms with Crippen LogP contribution < -0.4 is 9.47 Å². The van der Waals surface area contributed by atoms with Gasteiger partial charge in [0.25, 0.3) is 0 Å². The van der Waals surface area contributed by atoms with Crippen LogP contribution in [0.15, 0.2) is 42.5 Å². The maximum Gasteiger partial charge on any atom is 0.344 e. The molecule has 2 rings (SSSR count). The van der Waals surface area contributed by atoms with Crippen molar-refractivity contribution in [3.05, 3.63) is 59.7 Å². The number of benzene rings is 2. The molecule has 0 radical (unpaired) electrons. The van der Waals surface area contributed by atoms with Gasteiger partial charge in [-0.3, -0.25) is 4.79 Å². The predicted molar refractivity (Wildman–Crippen MR) is 84.8 cm³/mol. The van der Waals surface area contributed by atoms with E-state index >= 15 is 0 Å². The monoisotopic (exact) mass is 350 g/mol. The van der Waals surface area contributed by atoms with Gasteiger partial charge in [-0.15, -0.1) is 0 Å². The average Bonchev–Trinajstić information content (AvgIpc) is 2.61. The van der Waals surface area contributed by atoms with Gasteiger partial charge in [0.1, 0.15) is 0 Å². The van der Waals surface area contributed by atoms with Gasteiger partial charge < -0.3 is 14.2 Å². The summed E-state index contributed by atoms with van der Waals surface area (Å²) in [6.45, 7) is 1.23. The minimum absolute atomic E-state index is 0.0886. The first-order valence-corrected chi connectivity index (χ1v) is 7.49. The van der Waals surface area contributed by atoms with E-state index in [4.69, 9.17) is 14.2 Å². The van der Waals surface area contributed by atoms with Crippen molar-refractivity contribution in [2.24, 2.45) is 0 Å². The van der Waals surface area contributed by atoms with Crippen molar-refractivity contribution < 1.29 is 32.6 Å². The molecule has 25 heavy (non-hydrogen) atoms. The number of para-hydroxylation sites is 2. The van der Waals surface area contributed by atoms with Gasteiger partial charge in [-0.05, 0) is 37.3 Å². The third kappa shape index (κ3) is 5.27. The molecular formula is C18H16F2O5. The number of hydrogen-bond acceptors (Lipinski definition) is 5. The van der Waals surface area contributed by atoms with Crippen molar-refractivity contribution in [2.45, 2.75) is 6.92 Å². The average molecular weight is 350 g/mol. The van der Waals surface area contributed by atoms with Crippen LogP contribution in [-0.2, 0) is 9.53 Å². The maximum absolute atomic E-state index is 13.1. The number of ketones is 1. The van der Waals surface area contributed by atoms with Crippen molar-refractivity contribution in [3.8, 4) is 11.5 Å². The van der Waals surface area contributed by atoms with Gasteiger partial charge in [0.05, 0.1) is 6.61 Å². The lowest BCUT2D eigenvalue weighted by Gasteiger charge is -2.11. The molecule has 0 saturated heterocycles. The number of carbonyl (C=O) groups is 2. The second kappa shape index (κ2) is 8.77. The first-order chi connectivity index (χ1) is 12.0. The second-order valence-electron chi connectivity index (χ2n) is 4.88. The molecule has 0 aliphatic heterocycles. The molecule has 0 atom stereocenters. The summed E-state index contributed by atoms with van der Waals surface area (Å²) in [5.41, 5.74) is -0.0886. The largest absolute Gasteiger partial charge is 0.490 e. The molecule has 0 heterocycles. The second-order valence-corrected chi connectivity index (χ2v) is 4.88. The molecule has 0 aliphatic carbocycles. The van der Waals surface area contributed by atoms with E-state index < -0.39 is 36.6 Å². The summed E-state index contributed by atoms with van der Waals surface area (Å²) in [5.74, 6) is -2.78. The Bertz CT molecular complexity index is 761. The lowest BCUT2D eigenvalue weighted by atomic mass is 10.1. The highest BCUT2D eigenvalue weighted by molar-refractivity contribution is 5.97. The SMILES string of the molecule is CCOc1ccccc1OCC(=O)OCC(=O)c1ccc(F)c(F)c1. The first kappa shape index (κ1) is 18.4. The number of hydrogen-bond donors (Lipinski definition) is 0. The van der Waals surface area contributed by atoms with Crippen LogP contribution >= 0.6 is 0 Å². The van der Waals surface area contributed by atoms with E-state index in [1.54, 1.807) is 24.3 Å². The molecule has 0 bridgehead atoms. The Balaban J connectivity index is 1.84. The van der Waals surface area contributed by atoms with Crippen LogP contribution in [0.2, 0.25) is 0 Å². The van der Waals surface area contributed by atoms with Crippen molar-refractivity contribution in [2.75, 3.05) is 19.8 Å². The van der Waals surface area contributed by atoms with Gasteiger partial charge in [0, 0.05) is 5.56 Å². The van der Waals surface area contributed by atoms with Crippen LogP contribution in [0.25, 0.3) is 0 Å². The van der Waals surface area contributed by atoms with Crippen molar-refractivity contribution in [1.82, 2.24) is 0 Å². The number of ether oxygens (including phenoxy) is 3. The Labute approximate surface area is 143 Å². The highest BCUT2D eigenvalue weighted by Gasteiger charge is 2.13. The number of esters is 1. The number of halogens is 2. The molecule has 0 N–H and O–H groups in total. The molecule has 0 amide bonds.